The lowest BCUT2D eigenvalue weighted by molar-refractivity contribution is -0.385. The van der Waals surface area contributed by atoms with Crippen molar-refractivity contribution in [2.24, 2.45) is 0 Å². The van der Waals surface area contributed by atoms with E-state index in [2.05, 4.69) is 0 Å². The normalized spacial score (nSPS) is 19.9. The summed E-state index contributed by atoms with van der Waals surface area (Å²) in [5.74, 6) is 0. The number of nitro groups is 1. The van der Waals surface area contributed by atoms with Crippen molar-refractivity contribution in [1.82, 2.24) is 4.31 Å². The summed E-state index contributed by atoms with van der Waals surface area (Å²) in [6.07, 6.45) is -0.826. The van der Waals surface area contributed by atoms with Crippen molar-refractivity contribution in [3.8, 4) is 6.07 Å². The van der Waals surface area contributed by atoms with Gasteiger partial charge in [0.15, 0.2) is 6.10 Å². The van der Waals surface area contributed by atoms with Crippen molar-refractivity contribution in [1.29, 1.82) is 5.26 Å². The van der Waals surface area contributed by atoms with Gasteiger partial charge in [0.2, 0.25) is 10.0 Å². The number of hydrogen-bond donors (Lipinski definition) is 0. The summed E-state index contributed by atoms with van der Waals surface area (Å²) in [5.41, 5.74) is 0.130. The second kappa shape index (κ2) is 5.77. The average Bonchev–Trinajstić information content (AvgIpc) is 2.47. The van der Waals surface area contributed by atoms with Gasteiger partial charge in [0.05, 0.1) is 29.0 Å². The van der Waals surface area contributed by atoms with Crippen LogP contribution in [0.25, 0.3) is 0 Å². The molecule has 0 N–H and O–H groups in total. The first-order chi connectivity index (χ1) is 9.86. The molecule has 0 bridgehead atoms. The minimum Gasteiger partial charge on any atom is -0.361 e. The van der Waals surface area contributed by atoms with Crippen LogP contribution in [-0.4, -0.2) is 43.4 Å². The zero-order valence-corrected chi connectivity index (χ0v) is 12.0. The Morgan fingerprint density at radius 2 is 2.24 bits per heavy atom. The molecule has 1 aromatic rings. The molecule has 2 rings (SSSR count). The highest BCUT2D eigenvalue weighted by Crippen LogP contribution is 2.25. The number of rotatable bonds is 3. The molecule has 1 aliphatic rings. The molecule has 0 spiro atoms. The highest BCUT2D eigenvalue weighted by Gasteiger charge is 2.32. The van der Waals surface area contributed by atoms with Gasteiger partial charge in [-0.2, -0.15) is 9.57 Å². The van der Waals surface area contributed by atoms with Crippen molar-refractivity contribution in [2.45, 2.75) is 17.9 Å². The van der Waals surface area contributed by atoms with E-state index in [0.717, 1.165) is 10.4 Å². The van der Waals surface area contributed by atoms with Crippen molar-refractivity contribution < 1.29 is 18.1 Å². The second-order valence-corrected chi connectivity index (χ2v) is 6.46. The Labute approximate surface area is 121 Å². The largest absolute Gasteiger partial charge is 0.361 e. The third kappa shape index (κ3) is 3.02. The van der Waals surface area contributed by atoms with E-state index in [1.54, 1.807) is 6.92 Å². The fourth-order valence-corrected chi connectivity index (χ4v) is 3.71. The van der Waals surface area contributed by atoms with Crippen LogP contribution in [0.15, 0.2) is 23.1 Å². The zero-order valence-electron chi connectivity index (χ0n) is 11.2. The van der Waals surface area contributed by atoms with Crippen molar-refractivity contribution in [3.05, 3.63) is 33.9 Å². The van der Waals surface area contributed by atoms with Crippen LogP contribution in [-0.2, 0) is 14.8 Å². The number of non-ortho nitro benzene ring substituents is 1. The lowest BCUT2D eigenvalue weighted by Crippen LogP contribution is -2.45. The first-order valence-corrected chi connectivity index (χ1v) is 7.56. The molecule has 0 aromatic heterocycles. The molecule has 1 heterocycles. The Balaban J connectivity index is 2.42. The van der Waals surface area contributed by atoms with Crippen LogP contribution in [0.5, 0.6) is 0 Å². The van der Waals surface area contributed by atoms with Gasteiger partial charge in [0.1, 0.15) is 0 Å². The summed E-state index contributed by atoms with van der Waals surface area (Å²) in [6.45, 7) is 1.72. The molecular weight excluding hydrogens is 298 g/mol. The summed E-state index contributed by atoms with van der Waals surface area (Å²) in [4.78, 5) is 10.0. The zero-order chi connectivity index (χ0) is 15.6. The quantitative estimate of drug-likeness (QED) is 0.603. The van der Waals surface area contributed by atoms with Gasteiger partial charge in [-0.15, -0.1) is 0 Å². The van der Waals surface area contributed by atoms with E-state index in [1.165, 1.54) is 12.1 Å². The van der Waals surface area contributed by atoms with E-state index < -0.39 is 21.1 Å². The van der Waals surface area contributed by atoms with Crippen LogP contribution in [0.4, 0.5) is 5.69 Å². The molecule has 9 heteroatoms. The molecule has 1 aliphatic heterocycles. The Bertz CT molecular complexity index is 710. The Morgan fingerprint density at radius 3 is 2.86 bits per heavy atom. The molecule has 1 atom stereocenters. The maximum atomic E-state index is 12.6. The number of ether oxygens (including phenoxy) is 1. The molecule has 1 fully saturated rings. The van der Waals surface area contributed by atoms with E-state index in [0.29, 0.717) is 5.56 Å². The van der Waals surface area contributed by atoms with E-state index in [9.17, 15) is 18.5 Å². The average molecular weight is 311 g/mol. The molecule has 0 saturated carbocycles. The Morgan fingerprint density at radius 1 is 1.52 bits per heavy atom. The molecule has 1 saturated heterocycles. The number of benzene rings is 1. The smallest absolute Gasteiger partial charge is 0.270 e. The third-order valence-corrected chi connectivity index (χ3v) is 5.18. The predicted octanol–water partition coefficient (Wildman–Crippen LogP) is 0.816. The minimum atomic E-state index is -3.89. The lowest BCUT2D eigenvalue weighted by Gasteiger charge is -2.29. The fraction of sp³-hybridized carbons (Fsp3) is 0.417. The van der Waals surface area contributed by atoms with E-state index >= 15 is 0 Å². The van der Waals surface area contributed by atoms with Crippen LogP contribution in [0.1, 0.15) is 5.56 Å². The van der Waals surface area contributed by atoms with Crippen molar-refractivity contribution in [2.75, 3.05) is 19.7 Å². The van der Waals surface area contributed by atoms with E-state index in [1.807, 2.05) is 6.07 Å². The fourth-order valence-electron chi connectivity index (χ4n) is 2.04. The number of nitrogens with zero attached hydrogens (tertiary/aromatic N) is 3. The van der Waals surface area contributed by atoms with Gasteiger partial charge in [0, 0.05) is 18.7 Å². The molecular formula is C12H13N3O5S. The van der Waals surface area contributed by atoms with Gasteiger partial charge in [-0.3, -0.25) is 10.1 Å². The van der Waals surface area contributed by atoms with Crippen LogP contribution in [0.2, 0.25) is 0 Å². The van der Waals surface area contributed by atoms with Gasteiger partial charge in [-0.1, -0.05) is 6.07 Å². The summed E-state index contributed by atoms with van der Waals surface area (Å²) < 4.78 is 31.4. The van der Waals surface area contributed by atoms with Crippen LogP contribution < -0.4 is 0 Å². The maximum Gasteiger partial charge on any atom is 0.270 e. The van der Waals surface area contributed by atoms with E-state index in [-0.39, 0.29) is 30.3 Å². The highest BCUT2D eigenvalue weighted by atomic mass is 32.2. The molecule has 21 heavy (non-hydrogen) atoms. The molecule has 112 valence electrons. The predicted molar refractivity (Wildman–Crippen MR) is 71.9 cm³/mol. The van der Waals surface area contributed by atoms with Gasteiger partial charge < -0.3 is 4.74 Å². The number of nitro benzene ring substituents is 1. The van der Waals surface area contributed by atoms with Gasteiger partial charge in [-0.05, 0) is 12.5 Å². The first-order valence-electron chi connectivity index (χ1n) is 6.12. The molecule has 0 aliphatic carbocycles. The van der Waals surface area contributed by atoms with Crippen molar-refractivity contribution >= 4 is 15.7 Å². The highest BCUT2D eigenvalue weighted by molar-refractivity contribution is 7.89. The molecule has 0 amide bonds. The molecule has 1 unspecified atom stereocenters. The number of nitriles is 1. The number of morpholine rings is 1. The maximum absolute atomic E-state index is 12.6. The van der Waals surface area contributed by atoms with Gasteiger partial charge >= 0.3 is 0 Å². The summed E-state index contributed by atoms with van der Waals surface area (Å²) in [7, 11) is -3.89. The number of sulfonamides is 1. The SMILES string of the molecule is Cc1ccc([N+](=O)[O-])cc1S(=O)(=O)N1CCOC(C#N)C1. The third-order valence-electron chi connectivity index (χ3n) is 3.17. The van der Waals surface area contributed by atoms with Crippen molar-refractivity contribution in [3.63, 3.8) is 0 Å². The summed E-state index contributed by atoms with van der Waals surface area (Å²) in [5, 5.41) is 19.6. The molecule has 1 aromatic carbocycles. The summed E-state index contributed by atoms with van der Waals surface area (Å²) in [6, 6.07) is 5.56. The Hall–Kier alpha value is -2.02. The molecule has 0 radical (unpaired) electrons. The second-order valence-electron chi connectivity index (χ2n) is 4.56. The lowest BCUT2D eigenvalue weighted by atomic mass is 10.2. The minimum absolute atomic E-state index is 0.0824. The topological polar surface area (TPSA) is 114 Å². The van der Waals surface area contributed by atoms with Crippen LogP contribution in [0, 0.1) is 28.4 Å². The first kappa shape index (κ1) is 15.4. The number of hydrogen-bond acceptors (Lipinski definition) is 6. The monoisotopic (exact) mass is 311 g/mol. The number of aryl methyl sites for hydroxylation is 1. The van der Waals surface area contributed by atoms with E-state index in [4.69, 9.17) is 10.00 Å². The molecule has 8 nitrogen and oxygen atoms in total. The van der Waals surface area contributed by atoms with Gasteiger partial charge in [-0.25, -0.2) is 8.42 Å². The van der Waals surface area contributed by atoms with Crippen LogP contribution in [0.3, 0.4) is 0 Å². The van der Waals surface area contributed by atoms with Crippen LogP contribution >= 0.6 is 0 Å². The summed E-state index contributed by atoms with van der Waals surface area (Å²) >= 11 is 0. The standard InChI is InChI=1S/C12H13N3O5S/c1-9-2-3-10(15(16)17)6-12(9)21(18,19)14-4-5-20-11(7-13)8-14/h2-3,6,11H,4-5,8H2,1H3. The van der Waals surface area contributed by atoms with Gasteiger partial charge in [0.25, 0.3) is 5.69 Å². The Kier molecular flexibility index (Phi) is 4.22.